The lowest BCUT2D eigenvalue weighted by molar-refractivity contribution is -0.142. The minimum Gasteiger partial charge on any atom is -0.482 e. The summed E-state index contributed by atoms with van der Waals surface area (Å²) < 4.78 is 9.63. The van der Waals surface area contributed by atoms with Crippen molar-refractivity contribution in [2.24, 2.45) is 0 Å². The summed E-state index contributed by atoms with van der Waals surface area (Å²) in [4.78, 5) is 10.8. The second-order valence-electron chi connectivity index (χ2n) is 2.85. The van der Waals surface area contributed by atoms with Crippen molar-refractivity contribution in [2.75, 3.05) is 19.5 Å². The maximum Gasteiger partial charge on any atom is 0.343 e. The van der Waals surface area contributed by atoms with E-state index in [1.165, 1.54) is 7.11 Å². The molecule has 1 rings (SSSR count). The Hall–Kier alpha value is -1.60. The quantitative estimate of drug-likeness (QED) is 0.491. The molecule has 0 aliphatic heterocycles. The third kappa shape index (κ3) is 4.28. The summed E-state index contributed by atoms with van der Waals surface area (Å²) >= 11 is 3.99. The van der Waals surface area contributed by atoms with E-state index >= 15 is 0 Å². The van der Waals surface area contributed by atoms with Crippen LogP contribution in [0.3, 0.4) is 0 Å². The average Bonchev–Trinajstić information content (AvgIpc) is 2.34. The van der Waals surface area contributed by atoms with Crippen LogP contribution in [0, 0.1) is 11.8 Å². The second kappa shape index (κ2) is 6.81. The van der Waals surface area contributed by atoms with Crippen LogP contribution < -0.4 is 4.74 Å². The molecule has 1 aromatic rings. The van der Waals surface area contributed by atoms with Crippen LogP contribution in [0.2, 0.25) is 0 Å². The molecule has 0 fully saturated rings. The van der Waals surface area contributed by atoms with Crippen molar-refractivity contribution in [3.63, 3.8) is 0 Å². The van der Waals surface area contributed by atoms with Crippen LogP contribution in [-0.4, -0.2) is 25.4 Å². The molecule has 0 saturated heterocycles. The largest absolute Gasteiger partial charge is 0.482 e. The predicted molar refractivity (Wildman–Crippen MR) is 64.7 cm³/mol. The van der Waals surface area contributed by atoms with Crippen molar-refractivity contribution in [3.8, 4) is 17.6 Å². The molecule has 84 valence electrons. The van der Waals surface area contributed by atoms with Crippen LogP contribution in [0.15, 0.2) is 24.3 Å². The SMILES string of the molecule is COC(=O)COc1ccc(C#CCS)cc1. The molecule has 3 nitrogen and oxygen atoms in total. The van der Waals surface area contributed by atoms with Gasteiger partial charge < -0.3 is 9.47 Å². The first kappa shape index (κ1) is 12.5. The normalized spacial score (nSPS) is 8.88. The number of thiol groups is 1. The van der Waals surface area contributed by atoms with Crippen LogP contribution in [0.25, 0.3) is 0 Å². The fourth-order valence-electron chi connectivity index (χ4n) is 0.977. The summed E-state index contributed by atoms with van der Waals surface area (Å²) in [6, 6.07) is 7.16. The third-order valence-electron chi connectivity index (χ3n) is 1.75. The summed E-state index contributed by atoms with van der Waals surface area (Å²) in [5.41, 5.74) is 0.888. The molecule has 0 aromatic heterocycles. The zero-order chi connectivity index (χ0) is 11.8. The highest BCUT2D eigenvalue weighted by Crippen LogP contribution is 2.11. The Morgan fingerprint density at radius 1 is 1.38 bits per heavy atom. The van der Waals surface area contributed by atoms with Crippen LogP contribution in [-0.2, 0) is 9.53 Å². The molecule has 0 aliphatic rings. The summed E-state index contributed by atoms with van der Waals surface area (Å²) in [6.07, 6.45) is 0. The first-order valence-electron chi connectivity index (χ1n) is 4.65. The van der Waals surface area contributed by atoms with Gasteiger partial charge in [-0.3, -0.25) is 0 Å². The molecule has 4 heteroatoms. The Morgan fingerprint density at radius 2 is 2.06 bits per heavy atom. The number of carbonyl (C=O) groups is 1. The van der Waals surface area contributed by atoms with Crippen molar-refractivity contribution >= 4 is 18.6 Å². The minimum absolute atomic E-state index is 0.0852. The van der Waals surface area contributed by atoms with Gasteiger partial charge in [0.2, 0.25) is 0 Å². The first-order chi connectivity index (χ1) is 7.76. The van der Waals surface area contributed by atoms with Gasteiger partial charge in [-0.25, -0.2) is 4.79 Å². The molecule has 0 saturated carbocycles. The number of ether oxygens (including phenoxy) is 2. The van der Waals surface area contributed by atoms with Crippen LogP contribution >= 0.6 is 12.6 Å². The molecular formula is C12H12O3S. The summed E-state index contributed by atoms with van der Waals surface area (Å²) in [6.45, 7) is -0.0852. The summed E-state index contributed by atoms with van der Waals surface area (Å²) in [7, 11) is 1.32. The van der Waals surface area contributed by atoms with E-state index in [0.29, 0.717) is 11.5 Å². The number of methoxy groups -OCH3 is 1. The Bertz CT molecular complexity index is 401. The fourth-order valence-corrected chi connectivity index (χ4v) is 1.06. The smallest absolute Gasteiger partial charge is 0.343 e. The molecule has 0 bridgehead atoms. The highest BCUT2D eigenvalue weighted by molar-refractivity contribution is 7.80. The van der Waals surface area contributed by atoms with Gasteiger partial charge in [0.1, 0.15) is 5.75 Å². The number of hydrogen-bond acceptors (Lipinski definition) is 4. The molecule has 0 heterocycles. The highest BCUT2D eigenvalue weighted by atomic mass is 32.1. The Kier molecular flexibility index (Phi) is 5.30. The van der Waals surface area contributed by atoms with E-state index in [0.717, 1.165) is 5.56 Å². The third-order valence-corrected chi connectivity index (χ3v) is 1.91. The van der Waals surface area contributed by atoms with Gasteiger partial charge in [0.15, 0.2) is 6.61 Å². The van der Waals surface area contributed by atoms with Crippen LogP contribution in [0.1, 0.15) is 5.56 Å². The molecule has 0 atom stereocenters. The number of esters is 1. The van der Waals surface area contributed by atoms with E-state index in [1.54, 1.807) is 12.1 Å². The summed E-state index contributed by atoms with van der Waals surface area (Å²) in [5.74, 6) is 6.50. The number of rotatable bonds is 3. The van der Waals surface area contributed by atoms with E-state index in [9.17, 15) is 4.79 Å². The molecule has 0 aliphatic carbocycles. The Morgan fingerprint density at radius 3 is 2.62 bits per heavy atom. The van der Waals surface area contributed by atoms with Gasteiger partial charge in [0, 0.05) is 5.56 Å². The van der Waals surface area contributed by atoms with Gasteiger partial charge in [-0.1, -0.05) is 11.8 Å². The zero-order valence-corrected chi connectivity index (χ0v) is 9.79. The van der Waals surface area contributed by atoms with Gasteiger partial charge in [0.25, 0.3) is 0 Å². The lowest BCUT2D eigenvalue weighted by Gasteiger charge is -2.03. The van der Waals surface area contributed by atoms with E-state index < -0.39 is 5.97 Å². The molecule has 0 N–H and O–H groups in total. The molecule has 16 heavy (non-hydrogen) atoms. The van der Waals surface area contributed by atoms with Crippen LogP contribution in [0.5, 0.6) is 5.75 Å². The van der Waals surface area contributed by atoms with Crippen LogP contribution in [0.4, 0.5) is 0 Å². The maximum atomic E-state index is 10.8. The monoisotopic (exact) mass is 236 g/mol. The highest BCUT2D eigenvalue weighted by Gasteiger charge is 2.00. The zero-order valence-electron chi connectivity index (χ0n) is 8.90. The van der Waals surface area contributed by atoms with Crippen molar-refractivity contribution in [2.45, 2.75) is 0 Å². The minimum atomic E-state index is -0.404. The number of carbonyl (C=O) groups excluding carboxylic acids is 1. The van der Waals surface area contributed by atoms with Gasteiger partial charge in [0.05, 0.1) is 12.9 Å². The van der Waals surface area contributed by atoms with Crippen molar-refractivity contribution < 1.29 is 14.3 Å². The second-order valence-corrected chi connectivity index (χ2v) is 3.17. The number of hydrogen-bond donors (Lipinski definition) is 1. The van der Waals surface area contributed by atoms with Gasteiger partial charge in [-0.2, -0.15) is 12.6 Å². The van der Waals surface area contributed by atoms with E-state index in [4.69, 9.17) is 4.74 Å². The molecule has 0 amide bonds. The summed E-state index contributed by atoms with van der Waals surface area (Å²) in [5, 5.41) is 0. The standard InChI is InChI=1S/C12H12O3S/c1-14-12(13)9-15-11-6-4-10(5-7-11)3-2-8-16/h4-7,16H,8-9H2,1H3. The fraction of sp³-hybridized carbons (Fsp3) is 0.250. The van der Waals surface area contributed by atoms with Gasteiger partial charge in [-0.15, -0.1) is 0 Å². The number of benzene rings is 1. The molecular weight excluding hydrogens is 224 g/mol. The van der Waals surface area contributed by atoms with Crippen molar-refractivity contribution in [3.05, 3.63) is 29.8 Å². The predicted octanol–water partition coefficient (Wildman–Crippen LogP) is 1.52. The van der Waals surface area contributed by atoms with Gasteiger partial charge in [-0.05, 0) is 24.3 Å². The maximum absolute atomic E-state index is 10.8. The van der Waals surface area contributed by atoms with E-state index in [-0.39, 0.29) is 6.61 Å². The van der Waals surface area contributed by atoms with Gasteiger partial charge >= 0.3 is 5.97 Å². The molecule has 0 radical (unpaired) electrons. The van der Waals surface area contributed by atoms with Crippen molar-refractivity contribution in [1.29, 1.82) is 0 Å². The Balaban J connectivity index is 2.54. The van der Waals surface area contributed by atoms with E-state index in [2.05, 4.69) is 29.2 Å². The average molecular weight is 236 g/mol. The molecule has 1 aromatic carbocycles. The molecule has 0 unspecified atom stereocenters. The first-order valence-corrected chi connectivity index (χ1v) is 5.29. The lowest BCUT2D eigenvalue weighted by atomic mass is 10.2. The topological polar surface area (TPSA) is 35.5 Å². The van der Waals surface area contributed by atoms with Crippen molar-refractivity contribution in [1.82, 2.24) is 0 Å². The molecule has 0 spiro atoms. The Labute approximate surface area is 100 Å². The van der Waals surface area contributed by atoms with E-state index in [1.807, 2.05) is 12.1 Å². The lowest BCUT2D eigenvalue weighted by Crippen LogP contribution is -2.12.